The van der Waals surface area contributed by atoms with E-state index in [-0.39, 0.29) is 11.7 Å². The highest BCUT2D eigenvalue weighted by atomic mass is 35.5. The van der Waals surface area contributed by atoms with Crippen molar-refractivity contribution in [2.45, 2.75) is 18.6 Å². The van der Waals surface area contributed by atoms with Crippen molar-refractivity contribution in [1.29, 1.82) is 0 Å². The molecule has 0 atom stereocenters. The maximum atomic E-state index is 12.2. The third-order valence-corrected chi connectivity index (χ3v) is 5.13. The number of benzene rings is 2. The topological polar surface area (TPSA) is 59.8 Å². The summed E-state index contributed by atoms with van der Waals surface area (Å²) in [7, 11) is 0. The number of amides is 1. The number of anilines is 1. The fraction of sp³-hybridized carbons (Fsp3) is 0.167. The van der Waals surface area contributed by atoms with Crippen molar-refractivity contribution in [3.63, 3.8) is 0 Å². The smallest absolute Gasteiger partial charge is 0.234 e. The third-order valence-electron chi connectivity index (χ3n) is 3.60. The van der Waals surface area contributed by atoms with Gasteiger partial charge in [0, 0.05) is 17.1 Å². The molecule has 0 fully saturated rings. The number of para-hydroxylation sites is 1. The molecule has 0 aliphatic heterocycles. The number of hydrogen-bond acceptors (Lipinski definition) is 4. The summed E-state index contributed by atoms with van der Waals surface area (Å²) < 4.78 is 1.96. The van der Waals surface area contributed by atoms with E-state index in [0.717, 1.165) is 11.4 Å². The van der Waals surface area contributed by atoms with E-state index in [2.05, 4.69) is 15.5 Å². The second-order valence-electron chi connectivity index (χ2n) is 5.38. The fourth-order valence-electron chi connectivity index (χ4n) is 2.40. The Bertz CT molecular complexity index is 929. The molecular formula is C18H16Cl2N4OS. The van der Waals surface area contributed by atoms with Gasteiger partial charge in [-0.2, -0.15) is 0 Å². The van der Waals surface area contributed by atoms with Crippen molar-refractivity contribution >= 4 is 46.6 Å². The Morgan fingerprint density at radius 1 is 1.15 bits per heavy atom. The lowest BCUT2D eigenvalue weighted by molar-refractivity contribution is -0.113. The first-order valence-corrected chi connectivity index (χ1v) is 9.69. The average molecular weight is 407 g/mol. The van der Waals surface area contributed by atoms with Crippen LogP contribution in [-0.2, 0) is 11.3 Å². The lowest BCUT2D eigenvalue weighted by atomic mass is 10.2. The minimum absolute atomic E-state index is 0.155. The number of nitrogens with zero attached hydrogens (tertiary/aromatic N) is 3. The first kappa shape index (κ1) is 18.8. The zero-order valence-corrected chi connectivity index (χ0v) is 16.3. The monoisotopic (exact) mass is 406 g/mol. The number of aromatic nitrogens is 3. The van der Waals surface area contributed by atoms with E-state index in [9.17, 15) is 4.79 Å². The fourth-order valence-corrected chi connectivity index (χ4v) is 3.58. The van der Waals surface area contributed by atoms with Crippen LogP contribution < -0.4 is 5.32 Å². The average Bonchev–Trinajstić information content (AvgIpc) is 3.05. The maximum Gasteiger partial charge on any atom is 0.234 e. The van der Waals surface area contributed by atoms with Gasteiger partial charge in [0.1, 0.15) is 0 Å². The number of hydrogen-bond donors (Lipinski definition) is 1. The Morgan fingerprint density at radius 3 is 2.69 bits per heavy atom. The molecule has 1 heterocycles. The van der Waals surface area contributed by atoms with Gasteiger partial charge in [-0.25, -0.2) is 0 Å². The predicted molar refractivity (Wildman–Crippen MR) is 107 cm³/mol. The van der Waals surface area contributed by atoms with Gasteiger partial charge in [-0.3, -0.25) is 4.79 Å². The minimum Gasteiger partial charge on any atom is -0.324 e. The van der Waals surface area contributed by atoms with Gasteiger partial charge in [0.2, 0.25) is 5.91 Å². The van der Waals surface area contributed by atoms with E-state index in [1.165, 1.54) is 11.8 Å². The molecule has 0 aliphatic carbocycles. The van der Waals surface area contributed by atoms with Crippen molar-refractivity contribution in [1.82, 2.24) is 14.8 Å². The molecule has 3 rings (SSSR count). The van der Waals surface area contributed by atoms with Crippen molar-refractivity contribution < 1.29 is 4.79 Å². The number of nitrogens with one attached hydrogen (secondary N) is 1. The Balaban J connectivity index is 1.71. The molecule has 0 radical (unpaired) electrons. The maximum absolute atomic E-state index is 12.2. The van der Waals surface area contributed by atoms with Gasteiger partial charge < -0.3 is 9.88 Å². The normalized spacial score (nSPS) is 10.7. The zero-order chi connectivity index (χ0) is 18.5. The first-order chi connectivity index (χ1) is 12.6. The summed E-state index contributed by atoms with van der Waals surface area (Å²) >= 11 is 13.4. The molecule has 2 aromatic carbocycles. The molecule has 0 unspecified atom stereocenters. The van der Waals surface area contributed by atoms with Gasteiger partial charge in [0.15, 0.2) is 11.0 Å². The summed E-state index contributed by atoms with van der Waals surface area (Å²) in [5, 5.41) is 13.1. The van der Waals surface area contributed by atoms with E-state index in [4.69, 9.17) is 23.2 Å². The predicted octanol–water partition coefficient (Wildman–Crippen LogP) is 5.00. The van der Waals surface area contributed by atoms with E-state index in [1.54, 1.807) is 12.1 Å². The number of carbonyl (C=O) groups is 1. The van der Waals surface area contributed by atoms with E-state index < -0.39 is 0 Å². The molecule has 0 bridgehead atoms. The summed E-state index contributed by atoms with van der Waals surface area (Å²) in [6.45, 7) is 2.69. The number of rotatable bonds is 6. The summed E-state index contributed by atoms with van der Waals surface area (Å²) in [5.41, 5.74) is 1.48. The summed E-state index contributed by atoms with van der Waals surface area (Å²) in [6.07, 6.45) is 0. The highest BCUT2D eigenvalue weighted by Crippen LogP contribution is 2.26. The van der Waals surface area contributed by atoms with Crippen LogP contribution in [0.2, 0.25) is 10.0 Å². The highest BCUT2D eigenvalue weighted by Gasteiger charge is 2.15. The standard InChI is InChI=1S/C18H16Cl2N4OS/c1-2-24-17(12-6-5-7-13(19)10-12)22-23-18(24)26-11-16(25)21-15-9-4-3-8-14(15)20/h3-10H,2,11H2,1H3,(H,21,25). The number of carbonyl (C=O) groups excluding carboxylic acids is 1. The van der Waals surface area contributed by atoms with Gasteiger partial charge in [0.05, 0.1) is 16.5 Å². The summed E-state index contributed by atoms with van der Waals surface area (Å²) in [5.74, 6) is 0.779. The first-order valence-electron chi connectivity index (χ1n) is 7.94. The molecule has 134 valence electrons. The Hall–Kier alpha value is -2.02. The van der Waals surface area contributed by atoms with Gasteiger partial charge in [0.25, 0.3) is 0 Å². The van der Waals surface area contributed by atoms with Gasteiger partial charge in [-0.15, -0.1) is 10.2 Å². The van der Waals surface area contributed by atoms with Crippen molar-refractivity contribution in [2.24, 2.45) is 0 Å². The van der Waals surface area contributed by atoms with Crippen LogP contribution in [0.3, 0.4) is 0 Å². The second-order valence-corrected chi connectivity index (χ2v) is 7.16. The van der Waals surface area contributed by atoms with Crippen LogP contribution in [0, 0.1) is 0 Å². The molecule has 1 amide bonds. The second kappa shape index (κ2) is 8.58. The van der Waals surface area contributed by atoms with E-state index in [1.807, 2.05) is 47.9 Å². The van der Waals surface area contributed by atoms with E-state index in [0.29, 0.717) is 27.4 Å². The molecule has 26 heavy (non-hydrogen) atoms. The quantitative estimate of drug-likeness (QED) is 0.584. The largest absolute Gasteiger partial charge is 0.324 e. The van der Waals surface area contributed by atoms with Crippen molar-refractivity contribution in [3.8, 4) is 11.4 Å². The molecular weight excluding hydrogens is 391 g/mol. The van der Waals surface area contributed by atoms with Crippen molar-refractivity contribution in [2.75, 3.05) is 11.1 Å². The number of thioether (sulfide) groups is 1. The lowest BCUT2D eigenvalue weighted by Crippen LogP contribution is -2.15. The lowest BCUT2D eigenvalue weighted by Gasteiger charge is -2.08. The van der Waals surface area contributed by atoms with Gasteiger partial charge in [-0.1, -0.05) is 59.2 Å². The Morgan fingerprint density at radius 2 is 1.96 bits per heavy atom. The SMILES string of the molecule is CCn1c(SCC(=O)Nc2ccccc2Cl)nnc1-c1cccc(Cl)c1. The van der Waals surface area contributed by atoms with Crippen LogP contribution in [0.1, 0.15) is 6.92 Å². The van der Waals surface area contributed by atoms with Gasteiger partial charge in [-0.05, 0) is 31.2 Å². The molecule has 5 nitrogen and oxygen atoms in total. The molecule has 8 heteroatoms. The molecule has 0 aliphatic rings. The van der Waals surface area contributed by atoms with Crippen LogP contribution in [0.25, 0.3) is 11.4 Å². The van der Waals surface area contributed by atoms with Crippen LogP contribution in [0.15, 0.2) is 53.7 Å². The molecule has 0 saturated heterocycles. The molecule has 0 spiro atoms. The molecule has 1 aromatic heterocycles. The van der Waals surface area contributed by atoms with Gasteiger partial charge >= 0.3 is 0 Å². The Labute approximate surface area is 165 Å². The molecule has 1 N–H and O–H groups in total. The summed E-state index contributed by atoms with van der Waals surface area (Å²) in [4.78, 5) is 12.2. The summed E-state index contributed by atoms with van der Waals surface area (Å²) in [6, 6.07) is 14.6. The minimum atomic E-state index is -0.155. The third kappa shape index (κ3) is 4.38. The van der Waals surface area contributed by atoms with Crippen LogP contribution in [-0.4, -0.2) is 26.4 Å². The Kier molecular flexibility index (Phi) is 6.19. The van der Waals surface area contributed by atoms with Crippen LogP contribution in [0.5, 0.6) is 0 Å². The van der Waals surface area contributed by atoms with Crippen LogP contribution >= 0.6 is 35.0 Å². The molecule has 0 saturated carbocycles. The number of halogens is 2. The molecule has 3 aromatic rings. The van der Waals surface area contributed by atoms with E-state index >= 15 is 0 Å². The van der Waals surface area contributed by atoms with Crippen LogP contribution in [0.4, 0.5) is 5.69 Å². The highest BCUT2D eigenvalue weighted by molar-refractivity contribution is 7.99. The van der Waals surface area contributed by atoms with Crippen molar-refractivity contribution in [3.05, 3.63) is 58.6 Å². The zero-order valence-electron chi connectivity index (χ0n) is 13.9.